The van der Waals surface area contributed by atoms with Gasteiger partial charge in [0, 0.05) is 12.1 Å². The summed E-state index contributed by atoms with van der Waals surface area (Å²) in [6.45, 7) is 4.48. The number of fused-ring (bicyclic) bond motifs is 1. The molecule has 2 aromatic rings. The highest BCUT2D eigenvalue weighted by Gasteiger charge is 2.27. The quantitative estimate of drug-likeness (QED) is 0.817. The largest absolute Gasteiger partial charge is 0.328 e. The fourth-order valence-electron chi connectivity index (χ4n) is 3.24. The van der Waals surface area contributed by atoms with Crippen LogP contribution in [0.3, 0.4) is 0 Å². The van der Waals surface area contributed by atoms with Crippen molar-refractivity contribution in [2.75, 3.05) is 5.01 Å². The van der Waals surface area contributed by atoms with Gasteiger partial charge in [-0.3, -0.25) is 0 Å². The van der Waals surface area contributed by atoms with E-state index in [0.29, 0.717) is 22.4 Å². The Labute approximate surface area is 123 Å². The molecule has 2 unspecified atom stereocenters. The topological polar surface area (TPSA) is 47.8 Å². The number of aromatic amines is 1. The summed E-state index contributed by atoms with van der Waals surface area (Å²) in [6, 6.07) is 8.89. The van der Waals surface area contributed by atoms with Crippen LogP contribution in [-0.2, 0) is 0 Å². The first-order valence-electron chi connectivity index (χ1n) is 7.06. The van der Waals surface area contributed by atoms with E-state index in [1.54, 1.807) is 0 Å². The molecule has 3 rings (SSSR count). The van der Waals surface area contributed by atoms with Gasteiger partial charge in [0.25, 0.3) is 0 Å². The fraction of sp³-hybridized carbons (Fsp3) is 0.467. The van der Waals surface area contributed by atoms with Crippen LogP contribution in [0.2, 0.25) is 0 Å². The summed E-state index contributed by atoms with van der Waals surface area (Å²) >= 11 is 5.50. The van der Waals surface area contributed by atoms with E-state index in [1.807, 2.05) is 18.2 Å². The lowest BCUT2D eigenvalue weighted by Crippen LogP contribution is -2.50. The Balaban J connectivity index is 2.24. The van der Waals surface area contributed by atoms with Crippen LogP contribution in [0.15, 0.2) is 18.2 Å². The zero-order valence-corrected chi connectivity index (χ0v) is 12.6. The number of nitrogens with zero attached hydrogens (tertiary/aromatic N) is 3. The lowest BCUT2D eigenvalue weighted by atomic mass is 10.00. The molecule has 1 saturated heterocycles. The van der Waals surface area contributed by atoms with Crippen LogP contribution in [-0.4, -0.2) is 21.7 Å². The number of imidazole rings is 1. The number of aromatic nitrogens is 2. The monoisotopic (exact) mass is 286 g/mol. The molecule has 0 spiro atoms. The summed E-state index contributed by atoms with van der Waals surface area (Å²) < 4.78 is 2.75. The van der Waals surface area contributed by atoms with E-state index < -0.39 is 0 Å². The van der Waals surface area contributed by atoms with Gasteiger partial charge in [0.1, 0.15) is 6.07 Å². The Bertz CT molecular complexity index is 726. The Morgan fingerprint density at radius 2 is 2.00 bits per heavy atom. The molecular formula is C15H18N4S. The molecule has 1 aromatic carbocycles. The first-order valence-corrected chi connectivity index (χ1v) is 7.46. The zero-order valence-electron chi connectivity index (χ0n) is 11.8. The summed E-state index contributed by atoms with van der Waals surface area (Å²) in [5.41, 5.74) is 2.48. The molecular weight excluding hydrogens is 268 g/mol. The minimum atomic E-state index is 0.454. The highest BCUT2D eigenvalue weighted by atomic mass is 32.1. The van der Waals surface area contributed by atoms with Crippen molar-refractivity contribution in [3.05, 3.63) is 28.5 Å². The van der Waals surface area contributed by atoms with Gasteiger partial charge in [0.2, 0.25) is 0 Å². The number of nitrogens with one attached hydrogen (secondary N) is 1. The van der Waals surface area contributed by atoms with Crippen LogP contribution >= 0.6 is 12.2 Å². The molecule has 2 atom stereocenters. The van der Waals surface area contributed by atoms with Gasteiger partial charge in [0.05, 0.1) is 16.6 Å². The third-order valence-electron chi connectivity index (χ3n) is 4.19. The van der Waals surface area contributed by atoms with Gasteiger partial charge in [-0.05, 0) is 57.5 Å². The van der Waals surface area contributed by atoms with Crippen molar-refractivity contribution in [1.82, 2.24) is 9.66 Å². The number of benzene rings is 1. The van der Waals surface area contributed by atoms with E-state index in [1.165, 1.54) is 19.3 Å². The smallest absolute Gasteiger partial charge is 0.197 e. The van der Waals surface area contributed by atoms with E-state index in [-0.39, 0.29) is 0 Å². The van der Waals surface area contributed by atoms with E-state index in [0.717, 1.165) is 11.0 Å². The number of hydrogen-bond acceptors (Lipinski definition) is 3. The predicted octanol–water partition coefficient (Wildman–Crippen LogP) is 3.47. The minimum absolute atomic E-state index is 0.454. The van der Waals surface area contributed by atoms with Crippen molar-refractivity contribution in [2.24, 2.45) is 0 Å². The first-order chi connectivity index (χ1) is 9.63. The van der Waals surface area contributed by atoms with Crippen molar-refractivity contribution in [3.63, 3.8) is 0 Å². The summed E-state index contributed by atoms with van der Waals surface area (Å²) in [6.07, 6.45) is 3.62. The predicted molar refractivity (Wildman–Crippen MR) is 82.8 cm³/mol. The summed E-state index contributed by atoms with van der Waals surface area (Å²) in [5.74, 6) is 0. The molecule has 20 heavy (non-hydrogen) atoms. The van der Waals surface area contributed by atoms with Crippen molar-refractivity contribution in [2.45, 2.75) is 45.2 Å². The molecule has 0 aliphatic carbocycles. The summed E-state index contributed by atoms with van der Waals surface area (Å²) in [4.78, 5) is 3.20. The van der Waals surface area contributed by atoms with Gasteiger partial charge in [-0.2, -0.15) is 5.26 Å². The van der Waals surface area contributed by atoms with Crippen LogP contribution in [0, 0.1) is 16.1 Å². The van der Waals surface area contributed by atoms with Crippen LogP contribution in [0.4, 0.5) is 0 Å². The second-order valence-corrected chi connectivity index (χ2v) is 5.95. The summed E-state index contributed by atoms with van der Waals surface area (Å²) in [5, 5.41) is 11.6. The third-order valence-corrected chi connectivity index (χ3v) is 4.47. The average molecular weight is 286 g/mol. The molecule has 1 N–H and O–H groups in total. The van der Waals surface area contributed by atoms with Crippen molar-refractivity contribution < 1.29 is 0 Å². The SMILES string of the molecule is CC1CCCC(C)N1n1c(=S)[nH]c2c(C#N)cccc21. The molecule has 0 saturated carbocycles. The second-order valence-electron chi connectivity index (χ2n) is 5.56. The number of H-pyrrole nitrogens is 1. The Hall–Kier alpha value is -1.80. The average Bonchev–Trinajstić information content (AvgIpc) is 2.75. The van der Waals surface area contributed by atoms with Crippen LogP contribution in [0.1, 0.15) is 38.7 Å². The van der Waals surface area contributed by atoms with Crippen LogP contribution in [0.5, 0.6) is 0 Å². The molecule has 104 valence electrons. The molecule has 1 fully saturated rings. The Morgan fingerprint density at radius 1 is 1.30 bits per heavy atom. The number of rotatable bonds is 1. The number of piperidine rings is 1. The maximum Gasteiger partial charge on any atom is 0.197 e. The lowest BCUT2D eigenvalue weighted by molar-refractivity contribution is 0.339. The van der Waals surface area contributed by atoms with Crippen molar-refractivity contribution in [1.29, 1.82) is 5.26 Å². The van der Waals surface area contributed by atoms with E-state index in [4.69, 9.17) is 12.2 Å². The number of para-hydroxylation sites is 1. The lowest BCUT2D eigenvalue weighted by Gasteiger charge is -2.41. The van der Waals surface area contributed by atoms with Crippen LogP contribution in [0.25, 0.3) is 11.0 Å². The molecule has 1 aliphatic rings. The van der Waals surface area contributed by atoms with E-state index in [2.05, 4.69) is 34.6 Å². The van der Waals surface area contributed by atoms with Crippen LogP contribution < -0.4 is 5.01 Å². The molecule has 0 radical (unpaired) electrons. The van der Waals surface area contributed by atoms with Crippen molar-refractivity contribution >= 4 is 23.3 Å². The van der Waals surface area contributed by atoms with Gasteiger partial charge in [-0.15, -0.1) is 0 Å². The molecule has 2 heterocycles. The molecule has 0 amide bonds. The van der Waals surface area contributed by atoms with Gasteiger partial charge in [-0.1, -0.05) is 6.07 Å². The third kappa shape index (κ3) is 1.92. The van der Waals surface area contributed by atoms with Crippen molar-refractivity contribution in [3.8, 4) is 6.07 Å². The highest BCUT2D eigenvalue weighted by molar-refractivity contribution is 7.71. The standard InChI is InChI=1S/C15H18N4S/c1-10-5-3-6-11(2)18(10)19-13-8-4-7-12(9-16)14(13)17-15(19)20/h4,7-8,10-11H,3,5-6H2,1-2H3,(H,17,20). The summed E-state index contributed by atoms with van der Waals surface area (Å²) in [7, 11) is 0. The van der Waals surface area contributed by atoms with E-state index in [9.17, 15) is 5.26 Å². The highest BCUT2D eigenvalue weighted by Crippen LogP contribution is 2.25. The molecule has 4 nitrogen and oxygen atoms in total. The normalized spacial score (nSPS) is 22.9. The molecule has 1 aliphatic heterocycles. The van der Waals surface area contributed by atoms with Gasteiger partial charge in [-0.25, -0.2) is 4.68 Å². The Morgan fingerprint density at radius 3 is 2.65 bits per heavy atom. The fourth-order valence-corrected chi connectivity index (χ4v) is 3.54. The van der Waals surface area contributed by atoms with Gasteiger partial charge in [0.15, 0.2) is 4.77 Å². The maximum atomic E-state index is 9.22. The van der Waals surface area contributed by atoms with Gasteiger partial charge < -0.3 is 9.99 Å². The zero-order chi connectivity index (χ0) is 14.3. The minimum Gasteiger partial charge on any atom is -0.328 e. The first kappa shape index (κ1) is 13.2. The van der Waals surface area contributed by atoms with Gasteiger partial charge >= 0.3 is 0 Å². The molecule has 0 bridgehead atoms. The molecule has 5 heteroatoms. The second kappa shape index (κ2) is 4.95. The maximum absolute atomic E-state index is 9.22. The van der Waals surface area contributed by atoms with E-state index >= 15 is 0 Å². The Kier molecular flexibility index (Phi) is 3.27. The number of nitriles is 1. The molecule has 1 aromatic heterocycles. The number of hydrogen-bond donors (Lipinski definition) is 1.